The maximum Gasteiger partial charge on any atom is 0.239 e. The molecule has 2 aromatic heterocycles. The molecule has 2 aliphatic carbocycles. The normalized spacial score (nSPS) is 21.4. The number of likely N-dealkylation sites (tertiary alicyclic amines) is 2. The summed E-state index contributed by atoms with van der Waals surface area (Å²) in [4.78, 5) is 73.4. The molecule has 6 heterocycles. The first-order chi connectivity index (χ1) is 36.3. The van der Waals surface area contributed by atoms with Gasteiger partial charge in [0.05, 0.1) is 29.5 Å². The molecule has 15 nitrogen and oxygen atoms in total. The van der Waals surface area contributed by atoms with Gasteiger partial charge in [-0.05, 0) is 121 Å². The van der Waals surface area contributed by atoms with Crippen LogP contribution >= 0.6 is 23.2 Å². The van der Waals surface area contributed by atoms with Gasteiger partial charge < -0.3 is 15.5 Å². The van der Waals surface area contributed by atoms with Crippen molar-refractivity contribution in [2.75, 3.05) is 85.0 Å². The molecule has 0 saturated carbocycles. The van der Waals surface area contributed by atoms with Gasteiger partial charge >= 0.3 is 119 Å². The molecule has 4 saturated heterocycles. The minimum atomic E-state index is -0.459. The molecule has 398 valence electrons. The van der Waals surface area contributed by atoms with E-state index in [1.54, 1.807) is 13.8 Å². The zero-order chi connectivity index (χ0) is 52.6. The van der Waals surface area contributed by atoms with Crippen molar-refractivity contribution in [3.8, 4) is 0 Å². The van der Waals surface area contributed by atoms with E-state index in [0.717, 1.165) is 119 Å². The van der Waals surface area contributed by atoms with E-state index < -0.39 is 6.04 Å². The first-order valence-corrected chi connectivity index (χ1v) is 28.1. The third-order valence-electron chi connectivity index (χ3n) is 16.6. The van der Waals surface area contributed by atoms with Crippen LogP contribution in [0.3, 0.4) is 0 Å². The first kappa shape index (κ1) is 54.7. The van der Waals surface area contributed by atoms with Gasteiger partial charge in [-0.2, -0.15) is 0 Å². The van der Waals surface area contributed by atoms with Gasteiger partial charge in [-0.3, -0.25) is 29.4 Å². The molecule has 75 heavy (non-hydrogen) atoms. The molecule has 18 heteroatoms. The number of nitrogens with one attached hydrogen (secondary N) is 1. The number of aromatic nitrogens is 2. The van der Waals surface area contributed by atoms with E-state index in [1.165, 1.54) is 33.4 Å². The van der Waals surface area contributed by atoms with Gasteiger partial charge in [0.25, 0.3) is 0 Å². The number of hydrogen-bond donors (Lipinski definition) is 2. The number of benzene rings is 2. The van der Waals surface area contributed by atoms with E-state index in [1.807, 2.05) is 56.3 Å². The van der Waals surface area contributed by atoms with Crippen molar-refractivity contribution in [1.29, 1.82) is 0 Å². The molecule has 0 bridgehead atoms. The molecule has 4 aliphatic heterocycles. The number of nitrogens with zero attached hydrogens (tertiary/aromatic N) is 8. The Balaban J connectivity index is 0.000000184. The third-order valence-corrected chi connectivity index (χ3v) is 17.1. The standard InChI is InChI=1S/C29H37BClN5O3.C28H36ClN5O2/c1-20(33-19-30-39)29(38)36-11-8-21(9-12-36)17-26(37)34-13-15-35(16-14-34)28-25-7-6-24(31)18-23(25)5-4-22-3-2-10-32-27(22)28;1-19(30)28(36)34-11-8-20(9-12-34)17-25(35)32-13-15-33(16-14-32)27-24-7-6-23(29)18-22(24)5-4-21-3-2-10-31-26(21)27/h2-3,6-7,10,18,20-21,28,33H,4-5,8-9,11-17,19H2,1H3;2-3,6-7,10,18-20,27H,4-5,8-9,11-17,30H2,1H3/t;19-,27?/m.0/s1. The molecule has 3 unspecified atom stereocenters. The van der Waals surface area contributed by atoms with Crippen LogP contribution in [0, 0.1) is 11.8 Å². The van der Waals surface area contributed by atoms with E-state index in [2.05, 4.69) is 51.5 Å². The second-order valence-electron chi connectivity index (χ2n) is 21.5. The number of pyridine rings is 2. The largest absolute Gasteiger partial charge is 0.341 e. The SMILES string of the molecule is CC(NCB=O)C(=O)N1CCC(CC(=O)N2CCN(C3c4ccc(Cl)cc4CCc4cccnc43)CC2)CC1.C[C@H](N)C(=O)N1CCC(CC(=O)N2CCN(C3c4ccc(Cl)cc4CCc4cccnc43)CC2)CC1. The molecule has 0 spiro atoms. The molecule has 6 aliphatic rings. The topological polar surface area (TPSA) is 169 Å². The van der Waals surface area contributed by atoms with Crippen LogP contribution in [0.2, 0.25) is 10.0 Å². The predicted octanol–water partition coefficient (Wildman–Crippen LogP) is 5.72. The fourth-order valence-electron chi connectivity index (χ4n) is 12.3. The molecular formula is C57H73BCl2N10O5. The van der Waals surface area contributed by atoms with Crippen molar-refractivity contribution >= 4 is 54.0 Å². The van der Waals surface area contributed by atoms with Crippen LogP contribution < -0.4 is 11.1 Å². The third kappa shape index (κ3) is 13.2. The van der Waals surface area contributed by atoms with E-state index in [9.17, 15) is 23.9 Å². The zero-order valence-corrected chi connectivity index (χ0v) is 45.2. The maximum atomic E-state index is 13.2. The number of aryl methyl sites for hydroxylation is 4. The summed E-state index contributed by atoms with van der Waals surface area (Å²) in [6, 6.07) is 20.2. The van der Waals surface area contributed by atoms with E-state index >= 15 is 0 Å². The Morgan fingerprint density at radius 2 is 1.00 bits per heavy atom. The van der Waals surface area contributed by atoms with Crippen molar-refractivity contribution in [2.24, 2.45) is 17.6 Å². The summed E-state index contributed by atoms with van der Waals surface area (Å²) in [6.07, 6.45) is 12.3. The Kier molecular flexibility index (Phi) is 18.5. The Morgan fingerprint density at radius 3 is 1.41 bits per heavy atom. The monoisotopic (exact) mass is 1060 g/mol. The quantitative estimate of drug-likeness (QED) is 0.176. The van der Waals surface area contributed by atoms with Gasteiger partial charge in [-0.15, -0.1) is 0 Å². The summed E-state index contributed by atoms with van der Waals surface area (Å²) >= 11 is 12.7. The van der Waals surface area contributed by atoms with Crippen LogP contribution in [-0.2, 0) is 49.6 Å². The maximum absolute atomic E-state index is 13.2. The number of hydrogen-bond acceptors (Lipinski definition) is 11. The molecule has 0 radical (unpaired) electrons. The number of fused-ring (bicyclic) bond motifs is 4. The minimum Gasteiger partial charge on any atom is -0.341 e. The first-order valence-electron chi connectivity index (χ1n) is 27.3. The van der Waals surface area contributed by atoms with Crippen molar-refractivity contribution in [2.45, 2.75) is 102 Å². The molecule has 10 rings (SSSR count). The molecule has 3 N–H and O–H groups in total. The number of halogens is 2. The number of rotatable bonds is 11. The van der Waals surface area contributed by atoms with E-state index in [4.69, 9.17) is 38.9 Å². The van der Waals surface area contributed by atoms with Crippen LogP contribution in [0.5, 0.6) is 0 Å². The smallest absolute Gasteiger partial charge is 0.239 e. The average molecular weight is 1060 g/mol. The number of nitrogens with two attached hydrogens (primary N) is 1. The van der Waals surface area contributed by atoms with Crippen LogP contribution in [0.1, 0.15) is 109 Å². The van der Waals surface area contributed by atoms with Crippen LogP contribution in [0.4, 0.5) is 0 Å². The second-order valence-corrected chi connectivity index (χ2v) is 22.3. The van der Waals surface area contributed by atoms with E-state index in [0.29, 0.717) is 63.9 Å². The second kappa shape index (κ2) is 25.4. The number of carbonyl (C=O) groups excluding carboxylic acids is 4. The number of amides is 4. The van der Waals surface area contributed by atoms with Gasteiger partial charge in [-0.25, -0.2) is 0 Å². The average Bonchev–Trinajstić information content (AvgIpc) is 3.70. The van der Waals surface area contributed by atoms with Gasteiger partial charge in [0.1, 0.15) is 0 Å². The summed E-state index contributed by atoms with van der Waals surface area (Å²) in [5.41, 5.74) is 15.7. The van der Waals surface area contributed by atoms with Gasteiger partial charge in [0.15, 0.2) is 0 Å². The summed E-state index contributed by atoms with van der Waals surface area (Å²) in [5, 5.41) is 4.46. The summed E-state index contributed by atoms with van der Waals surface area (Å²) in [6.45, 7) is 12.3. The summed E-state index contributed by atoms with van der Waals surface area (Å²) < 4.78 is 10.6. The van der Waals surface area contributed by atoms with Crippen molar-refractivity contribution in [1.82, 2.24) is 44.7 Å². The van der Waals surface area contributed by atoms with Crippen LogP contribution in [-0.4, -0.2) is 167 Å². The van der Waals surface area contributed by atoms with Crippen LogP contribution in [0.25, 0.3) is 0 Å². The summed E-state index contributed by atoms with van der Waals surface area (Å²) in [5.74, 6) is 1.12. The molecule has 4 aromatic rings. The van der Waals surface area contributed by atoms with Gasteiger partial charge in [0, 0.05) is 81.2 Å². The predicted molar refractivity (Wildman–Crippen MR) is 292 cm³/mol. The van der Waals surface area contributed by atoms with Gasteiger partial charge in [0.2, 0.25) is 11.8 Å². The molecular weight excluding hydrogens is 986 g/mol. The molecule has 2 aromatic carbocycles. The Morgan fingerprint density at radius 1 is 0.587 bits per heavy atom. The minimum absolute atomic E-state index is 0.00863. The van der Waals surface area contributed by atoms with Crippen molar-refractivity contribution in [3.63, 3.8) is 0 Å². The Hall–Kier alpha value is -5.10. The van der Waals surface area contributed by atoms with Crippen molar-refractivity contribution in [3.05, 3.63) is 128 Å². The summed E-state index contributed by atoms with van der Waals surface area (Å²) in [7, 11) is 0.767. The number of piperidine rings is 2. The Bertz CT molecular complexity index is 2660. The van der Waals surface area contributed by atoms with Crippen molar-refractivity contribution < 1.29 is 23.9 Å². The van der Waals surface area contributed by atoms with E-state index in [-0.39, 0.29) is 48.2 Å². The fraction of sp³-hybridized carbons (Fsp3) is 0.544. The number of carbonyl (C=O) groups is 4. The van der Waals surface area contributed by atoms with Crippen LogP contribution in [0.15, 0.2) is 73.1 Å². The number of piperazine rings is 2. The zero-order valence-electron chi connectivity index (χ0n) is 43.7. The molecule has 4 fully saturated rings. The molecule has 4 amide bonds. The Labute approximate surface area is 453 Å². The van der Waals surface area contributed by atoms with Gasteiger partial charge in [-0.1, -0.05) is 47.5 Å². The fourth-order valence-corrected chi connectivity index (χ4v) is 12.7. The molecule has 4 atom stereocenters.